The number of rotatable bonds is 2. The minimum absolute atomic E-state index is 0.0245. The highest BCUT2D eigenvalue weighted by Gasteiger charge is 2.39. The quantitative estimate of drug-likeness (QED) is 0.773. The van der Waals surface area contributed by atoms with Crippen molar-refractivity contribution in [1.82, 2.24) is 14.7 Å². The van der Waals surface area contributed by atoms with Crippen LogP contribution in [0, 0.1) is 6.92 Å². The Morgan fingerprint density at radius 2 is 2.31 bits per heavy atom. The molecule has 1 heterocycles. The van der Waals surface area contributed by atoms with Gasteiger partial charge in [-0.05, 0) is 38.2 Å². The molecule has 0 saturated heterocycles. The first kappa shape index (κ1) is 8.62. The summed E-state index contributed by atoms with van der Waals surface area (Å²) in [6.07, 6.45) is 2.13. The molecule has 1 aromatic heterocycles. The second-order valence-electron chi connectivity index (χ2n) is 3.66. The molecular weight excluding hydrogens is 186 g/mol. The van der Waals surface area contributed by atoms with Crippen molar-refractivity contribution in [2.45, 2.75) is 32.2 Å². The van der Waals surface area contributed by atoms with E-state index in [9.17, 15) is 4.79 Å². The van der Waals surface area contributed by atoms with Crippen LogP contribution in [0.5, 0.6) is 0 Å². The van der Waals surface area contributed by atoms with Gasteiger partial charge >= 0.3 is 0 Å². The van der Waals surface area contributed by atoms with Gasteiger partial charge in [0.1, 0.15) is 5.82 Å². The highest BCUT2D eigenvalue weighted by Crippen LogP contribution is 2.34. The van der Waals surface area contributed by atoms with Gasteiger partial charge < -0.3 is 5.32 Å². The Labute approximate surface area is 80.5 Å². The maximum absolute atomic E-state index is 11.5. The van der Waals surface area contributed by atoms with Crippen LogP contribution in [0.1, 0.15) is 35.4 Å². The normalized spacial score (nSPS) is 18.3. The number of aromatic nitrogens is 2. The molecule has 0 aromatic carbocycles. The first-order chi connectivity index (χ1) is 6.09. The van der Waals surface area contributed by atoms with E-state index in [0.717, 1.165) is 24.4 Å². The van der Waals surface area contributed by atoms with Crippen LogP contribution in [0.4, 0.5) is 0 Å². The van der Waals surface area contributed by atoms with Crippen LogP contribution >= 0.6 is 11.5 Å². The third kappa shape index (κ3) is 1.85. The second-order valence-corrected chi connectivity index (χ2v) is 4.41. The number of carbonyl (C=O) groups excluding carboxylic acids is 1. The number of hydrogen-bond donors (Lipinski definition) is 1. The maximum Gasteiger partial charge on any atom is 0.282 e. The summed E-state index contributed by atoms with van der Waals surface area (Å²) in [5.41, 5.74) is 0.0245. The van der Waals surface area contributed by atoms with E-state index < -0.39 is 0 Å². The summed E-state index contributed by atoms with van der Waals surface area (Å²) in [5.74, 6) is 0.571. The lowest BCUT2D eigenvalue weighted by Crippen LogP contribution is -2.34. The van der Waals surface area contributed by atoms with Gasteiger partial charge in [-0.15, -0.1) is 0 Å². The molecular formula is C8H11N3OS. The molecule has 0 radical (unpaired) electrons. The Hall–Kier alpha value is -0.970. The molecule has 0 aliphatic heterocycles. The average molecular weight is 197 g/mol. The molecule has 1 aliphatic rings. The summed E-state index contributed by atoms with van der Waals surface area (Å²) in [6, 6.07) is 0. The molecule has 0 unspecified atom stereocenters. The van der Waals surface area contributed by atoms with Crippen molar-refractivity contribution >= 4 is 17.4 Å². The Morgan fingerprint density at radius 3 is 2.77 bits per heavy atom. The second kappa shape index (κ2) is 2.77. The largest absolute Gasteiger partial charge is 0.345 e. The first-order valence-electron chi connectivity index (χ1n) is 4.22. The van der Waals surface area contributed by atoms with E-state index in [0.29, 0.717) is 10.8 Å². The Morgan fingerprint density at radius 1 is 1.62 bits per heavy atom. The number of amides is 1. The van der Waals surface area contributed by atoms with Crippen LogP contribution < -0.4 is 5.32 Å². The van der Waals surface area contributed by atoms with Crippen molar-refractivity contribution in [2.24, 2.45) is 0 Å². The summed E-state index contributed by atoms with van der Waals surface area (Å²) >= 11 is 1.15. The molecule has 4 nitrogen and oxygen atoms in total. The third-order valence-corrected chi connectivity index (χ3v) is 2.94. The molecule has 1 aromatic rings. The molecule has 0 spiro atoms. The maximum atomic E-state index is 11.5. The molecule has 5 heteroatoms. The minimum atomic E-state index is -0.0920. The Kier molecular flexibility index (Phi) is 1.83. The number of aryl methyl sites for hydroxylation is 1. The molecule has 0 atom stereocenters. The monoisotopic (exact) mass is 197 g/mol. The van der Waals surface area contributed by atoms with Crippen LogP contribution in [0.15, 0.2) is 0 Å². The number of carbonyl (C=O) groups is 1. The van der Waals surface area contributed by atoms with Gasteiger partial charge in [0.05, 0.1) is 0 Å². The lowest BCUT2D eigenvalue weighted by atomic mass is 10.3. The van der Waals surface area contributed by atoms with Gasteiger partial charge in [0.2, 0.25) is 5.01 Å². The fourth-order valence-corrected chi connectivity index (χ4v) is 1.60. The molecule has 1 saturated carbocycles. The summed E-state index contributed by atoms with van der Waals surface area (Å²) in [7, 11) is 0. The van der Waals surface area contributed by atoms with Crippen molar-refractivity contribution in [3.8, 4) is 0 Å². The first-order valence-corrected chi connectivity index (χ1v) is 4.99. The zero-order valence-corrected chi connectivity index (χ0v) is 8.44. The lowest BCUT2D eigenvalue weighted by Gasteiger charge is -2.08. The van der Waals surface area contributed by atoms with E-state index in [2.05, 4.69) is 14.7 Å². The van der Waals surface area contributed by atoms with Crippen molar-refractivity contribution in [3.05, 3.63) is 10.8 Å². The molecule has 1 fully saturated rings. The van der Waals surface area contributed by atoms with E-state index in [1.54, 1.807) is 6.92 Å². The Balaban J connectivity index is 2.05. The van der Waals surface area contributed by atoms with E-state index in [1.165, 1.54) is 0 Å². The predicted molar refractivity (Wildman–Crippen MR) is 49.8 cm³/mol. The summed E-state index contributed by atoms with van der Waals surface area (Å²) in [4.78, 5) is 15.5. The van der Waals surface area contributed by atoms with Crippen LogP contribution in [-0.2, 0) is 0 Å². The number of nitrogens with one attached hydrogen (secondary N) is 1. The highest BCUT2D eigenvalue weighted by molar-refractivity contribution is 7.07. The van der Waals surface area contributed by atoms with Gasteiger partial charge in [0.15, 0.2) is 0 Å². The van der Waals surface area contributed by atoms with E-state index in [1.807, 2.05) is 6.92 Å². The van der Waals surface area contributed by atoms with E-state index in [4.69, 9.17) is 0 Å². The van der Waals surface area contributed by atoms with Crippen LogP contribution in [0.25, 0.3) is 0 Å². The van der Waals surface area contributed by atoms with E-state index in [-0.39, 0.29) is 11.4 Å². The molecule has 1 aliphatic carbocycles. The molecule has 2 rings (SSSR count). The van der Waals surface area contributed by atoms with Gasteiger partial charge in [-0.3, -0.25) is 4.79 Å². The van der Waals surface area contributed by atoms with Gasteiger partial charge in [-0.1, -0.05) is 0 Å². The fraction of sp³-hybridized carbons (Fsp3) is 0.625. The zero-order valence-electron chi connectivity index (χ0n) is 7.63. The van der Waals surface area contributed by atoms with Gasteiger partial charge in [-0.25, -0.2) is 4.98 Å². The van der Waals surface area contributed by atoms with Crippen molar-refractivity contribution in [3.63, 3.8) is 0 Å². The highest BCUT2D eigenvalue weighted by atomic mass is 32.1. The van der Waals surface area contributed by atoms with Gasteiger partial charge in [0.25, 0.3) is 5.91 Å². The summed E-state index contributed by atoms with van der Waals surface area (Å²) in [5, 5.41) is 3.39. The van der Waals surface area contributed by atoms with Gasteiger partial charge in [0, 0.05) is 5.54 Å². The van der Waals surface area contributed by atoms with Gasteiger partial charge in [-0.2, -0.15) is 4.37 Å². The van der Waals surface area contributed by atoms with Crippen molar-refractivity contribution < 1.29 is 4.79 Å². The Bertz CT molecular complexity index is 343. The molecule has 70 valence electrons. The predicted octanol–water partition coefficient (Wildman–Crippen LogP) is 1.13. The summed E-state index contributed by atoms with van der Waals surface area (Å²) in [6.45, 7) is 3.82. The van der Waals surface area contributed by atoms with Crippen LogP contribution in [0.3, 0.4) is 0 Å². The average Bonchev–Trinajstić information content (AvgIpc) is 2.62. The lowest BCUT2D eigenvalue weighted by molar-refractivity contribution is 0.0935. The van der Waals surface area contributed by atoms with Crippen LogP contribution in [0.2, 0.25) is 0 Å². The number of nitrogens with zero attached hydrogens (tertiary/aromatic N) is 2. The molecule has 13 heavy (non-hydrogen) atoms. The smallest absolute Gasteiger partial charge is 0.282 e. The van der Waals surface area contributed by atoms with Crippen molar-refractivity contribution in [1.29, 1.82) is 0 Å². The minimum Gasteiger partial charge on any atom is -0.345 e. The molecule has 1 N–H and O–H groups in total. The van der Waals surface area contributed by atoms with E-state index >= 15 is 0 Å². The fourth-order valence-electron chi connectivity index (χ4n) is 1.03. The topological polar surface area (TPSA) is 54.9 Å². The molecule has 0 bridgehead atoms. The van der Waals surface area contributed by atoms with Crippen molar-refractivity contribution in [2.75, 3.05) is 0 Å². The molecule has 1 amide bonds. The third-order valence-electron chi connectivity index (χ3n) is 2.14. The zero-order chi connectivity index (χ0) is 9.47. The van der Waals surface area contributed by atoms with Crippen LogP contribution in [-0.4, -0.2) is 20.8 Å². The number of hydrogen-bond acceptors (Lipinski definition) is 4. The standard InChI is InChI=1S/C8H11N3OS/c1-5-9-7(13-11-5)6(12)10-8(2)3-4-8/h3-4H2,1-2H3,(H,10,12). The summed E-state index contributed by atoms with van der Waals surface area (Å²) < 4.78 is 3.96. The SMILES string of the molecule is Cc1nsc(C(=O)NC2(C)CC2)n1.